The van der Waals surface area contributed by atoms with E-state index in [0.29, 0.717) is 6.29 Å². The van der Waals surface area contributed by atoms with Crippen molar-refractivity contribution in [3.63, 3.8) is 0 Å². The summed E-state index contributed by atoms with van der Waals surface area (Å²) in [5, 5.41) is 1.76. The summed E-state index contributed by atoms with van der Waals surface area (Å²) in [7, 11) is 0. The number of nitrogens with two attached hydrogens (primary N) is 1. The van der Waals surface area contributed by atoms with Crippen LogP contribution in [0.25, 0.3) is 0 Å². The first-order valence-electron chi connectivity index (χ1n) is 2.44. The van der Waals surface area contributed by atoms with Gasteiger partial charge in [0.1, 0.15) is 6.29 Å². The predicted octanol–water partition coefficient (Wildman–Crippen LogP) is 0.342. The molecular formula is C5H6N2OS. The van der Waals surface area contributed by atoms with Crippen LogP contribution < -0.4 is 5.73 Å². The number of carbonyl (C=O) groups excluding carboxylic acids is 1. The lowest BCUT2D eigenvalue weighted by Gasteiger charge is -1.94. The van der Waals surface area contributed by atoms with Crippen LogP contribution in [0.3, 0.4) is 0 Å². The van der Waals surface area contributed by atoms with Crippen LogP contribution >= 0.6 is 11.5 Å². The fourth-order valence-corrected chi connectivity index (χ4v) is 1.04. The van der Waals surface area contributed by atoms with Crippen LogP contribution in [-0.2, 0) is 4.79 Å². The van der Waals surface area contributed by atoms with Crippen molar-refractivity contribution in [2.45, 2.75) is 6.04 Å². The van der Waals surface area contributed by atoms with Crippen molar-refractivity contribution in [1.82, 2.24) is 4.37 Å². The maximum Gasteiger partial charge on any atom is 0.141 e. The van der Waals surface area contributed by atoms with Gasteiger partial charge in [0.25, 0.3) is 0 Å². The quantitative estimate of drug-likeness (QED) is 0.606. The molecule has 0 bridgehead atoms. The molecule has 0 radical (unpaired) electrons. The molecule has 1 aromatic heterocycles. The molecule has 0 aliphatic rings. The number of aldehydes is 1. The summed E-state index contributed by atoms with van der Waals surface area (Å²) in [6, 6.07) is -0.497. The zero-order valence-corrected chi connectivity index (χ0v) is 5.47. The van der Waals surface area contributed by atoms with Gasteiger partial charge >= 0.3 is 0 Å². The number of rotatable bonds is 2. The van der Waals surface area contributed by atoms with E-state index in [4.69, 9.17) is 5.73 Å². The summed E-state index contributed by atoms with van der Waals surface area (Å²) in [4.78, 5) is 10.1. The predicted molar refractivity (Wildman–Crippen MR) is 35.1 cm³/mol. The van der Waals surface area contributed by atoms with Crippen LogP contribution in [0.4, 0.5) is 0 Å². The number of carbonyl (C=O) groups is 1. The molecule has 0 saturated carbocycles. The summed E-state index contributed by atoms with van der Waals surface area (Å²) >= 11 is 1.29. The second-order valence-corrected chi connectivity index (χ2v) is 2.28. The van der Waals surface area contributed by atoms with E-state index in [-0.39, 0.29) is 0 Å². The highest BCUT2D eigenvalue weighted by Gasteiger charge is 2.02. The van der Waals surface area contributed by atoms with Gasteiger partial charge in [-0.1, -0.05) is 0 Å². The molecule has 0 fully saturated rings. The van der Waals surface area contributed by atoms with Crippen molar-refractivity contribution in [2.75, 3.05) is 0 Å². The lowest BCUT2D eigenvalue weighted by molar-refractivity contribution is -0.109. The van der Waals surface area contributed by atoms with Crippen molar-refractivity contribution in [1.29, 1.82) is 0 Å². The second kappa shape index (κ2) is 2.70. The number of hydrogen-bond acceptors (Lipinski definition) is 4. The van der Waals surface area contributed by atoms with Crippen molar-refractivity contribution < 1.29 is 4.79 Å². The maximum absolute atomic E-state index is 10.1. The van der Waals surface area contributed by atoms with Crippen LogP contribution in [-0.4, -0.2) is 10.7 Å². The number of aromatic nitrogens is 1. The van der Waals surface area contributed by atoms with Gasteiger partial charge in [-0.15, -0.1) is 0 Å². The minimum Gasteiger partial charge on any atom is -0.318 e. The smallest absolute Gasteiger partial charge is 0.141 e. The molecule has 0 amide bonds. The standard InChI is InChI=1S/C5H6N2OS/c6-5(2-8)4-1-7-9-3-4/h1-3,5H,6H2/t5-/m1/s1. The Hall–Kier alpha value is -0.740. The van der Waals surface area contributed by atoms with Gasteiger partial charge in [0.15, 0.2) is 0 Å². The Kier molecular flexibility index (Phi) is 1.92. The molecule has 1 rings (SSSR count). The van der Waals surface area contributed by atoms with Gasteiger partial charge in [0.2, 0.25) is 0 Å². The minimum atomic E-state index is -0.497. The van der Waals surface area contributed by atoms with Crippen LogP contribution in [0.2, 0.25) is 0 Å². The Morgan fingerprint density at radius 3 is 3.11 bits per heavy atom. The van der Waals surface area contributed by atoms with E-state index >= 15 is 0 Å². The van der Waals surface area contributed by atoms with Gasteiger partial charge in [-0.2, -0.15) is 0 Å². The molecule has 0 unspecified atom stereocenters. The summed E-state index contributed by atoms with van der Waals surface area (Å²) in [6.45, 7) is 0. The first kappa shape index (κ1) is 6.38. The third-order valence-electron chi connectivity index (χ3n) is 0.983. The SMILES string of the molecule is N[C@H](C=O)c1cnsc1. The Balaban J connectivity index is 2.76. The molecule has 4 heteroatoms. The van der Waals surface area contributed by atoms with Gasteiger partial charge in [-0.05, 0) is 11.5 Å². The van der Waals surface area contributed by atoms with Gasteiger partial charge in [-0.3, -0.25) is 0 Å². The van der Waals surface area contributed by atoms with Crippen molar-refractivity contribution in [3.05, 3.63) is 17.1 Å². The van der Waals surface area contributed by atoms with Crippen LogP contribution in [0.15, 0.2) is 11.6 Å². The second-order valence-electron chi connectivity index (χ2n) is 1.62. The van der Waals surface area contributed by atoms with Gasteiger partial charge in [0.05, 0.1) is 6.04 Å². The summed E-state index contributed by atoms with van der Waals surface area (Å²) in [6.07, 6.45) is 2.30. The molecule has 2 N–H and O–H groups in total. The van der Waals surface area contributed by atoms with Crippen LogP contribution in [0.1, 0.15) is 11.6 Å². The van der Waals surface area contributed by atoms with Crippen molar-refractivity contribution in [2.24, 2.45) is 5.73 Å². The van der Waals surface area contributed by atoms with Gasteiger partial charge in [0, 0.05) is 17.1 Å². The highest BCUT2D eigenvalue weighted by Crippen LogP contribution is 2.07. The summed E-state index contributed by atoms with van der Waals surface area (Å²) in [5.74, 6) is 0. The Morgan fingerprint density at radius 1 is 1.89 bits per heavy atom. The van der Waals surface area contributed by atoms with E-state index in [1.54, 1.807) is 11.6 Å². The topological polar surface area (TPSA) is 56.0 Å². The lowest BCUT2D eigenvalue weighted by Crippen LogP contribution is -2.09. The normalized spacial score (nSPS) is 13.0. The van der Waals surface area contributed by atoms with E-state index in [1.165, 1.54) is 11.5 Å². The van der Waals surface area contributed by atoms with E-state index in [9.17, 15) is 4.79 Å². The molecule has 3 nitrogen and oxygen atoms in total. The largest absolute Gasteiger partial charge is 0.318 e. The third kappa shape index (κ3) is 1.34. The molecular weight excluding hydrogens is 136 g/mol. The zero-order chi connectivity index (χ0) is 6.69. The van der Waals surface area contributed by atoms with Gasteiger partial charge < -0.3 is 10.5 Å². The highest BCUT2D eigenvalue weighted by atomic mass is 32.1. The minimum absolute atomic E-state index is 0.497. The number of nitrogens with zero attached hydrogens (tertiary/aromatic N) is 1. The van der Waals surface area contributed by atoms with Gasteiger partial charge in [-0.25, -0.2) is 4.37 Å². The Morgan fingerprint density at radius 2 is 2.67 bits per heavy atom. The molecule has 0 aliphatic carbocycles. The van der Waals surface area contributed by atoms with Crippen molar-refractivity contribution >= 4 is 17.8 Å². The van der Waals surface area contributed by atoms with E-state index in [1.807, 2.05) is 0 Å². The highest BCUT2D eigenvalue weighted by molar-refractivity contribution is 7.03. The first-order valence-corrected chi connectivity index (χ1v) is 3.28. The lowest BCUT2D eigenvalue weighted by atomic mass is 10.2. The molecule has 1 aromatic rings. The average molecular weight is 142 g/mol. The summed E-state index contributed by atoms with van der Waals surface area (Å²) < 4.78 is 3.79. The van der Waals surface area contributed by atoms with E-state index in [0.717, 1.165) is 5.56 Å². The average Bonchev–Trinajstić information content (AvgIpc) is 2.37. The molecule has 9 heavy (non-hydrogen) atoms. The molecule has 0 aromatic carbocycles. The van der Waals surface area contributed by atoms with Crippen LogP contribution in [0, 0.1) is 0 Å². The maximum atomic E-state index is 10.1. The zero-order valence-electron chi connectivity index (χ0n) is 4.65. The molecule has 0 aliphatic heterocycles. The molecule has 48 valence electrons. The fraction of sp³-hybridized carbons (Fsp3) is 0.200. The summed E-state index contributed by atoms with van der Waals surface area (Å²) in [5.41, 5.74) is 6.12. The fourth-order valence-electron chi connectivity index (χ4n) is 0.456. The Bertz CT molecular complexity index is 185. The van der Waals surface area contributed by atoms with E-state index in [2.05, 4.69) is 4.37 Å². The van der Waals surface area contributed by atoms with E-state index < -0.39 is 6.04 Å². The first-order chi connectivity index (χ1) is 4.34. The number of hydrogen-bond donors (Lipinski definition) is 1. The molecule has 0 spiro atoms. The monoisotopic (exact) mass is 142 g/mol. The molecule has 1 atom stereocenters. The third-order valence-corrected chi connectivity index (χ3v) is 1.59. The van der Waals surface area contributed by atoms with Crippen molar-refractivity contribution in [3.8, 4) is 0 Å². The molecule has 0 saturated heterocycles. The molecule has 1 heterocycles. The van der Waals surface area contributed by atoms with Crippen LogP contribution in [0.5, 0.6) is 0 Å². The Labute approximate surface area is 56.7 Å².